The van der Waals surface area contributed by atoms with Crippen molar-refractivity contribution in [3.05, 3.63) is 15.6 Å². The molecule has 2 atom stereocenters. The third kappa shape index (κ3) is 3.27. The van der Waals surface area contributed by atoms with Crippen LogP contribution in [0.3, 0.4) is 0 Å². The molecule has 1 amide bonds. The maximum absolute atomic E-state index is 12.5. The number of piperidine rings is 1. The number of amides is 1. The van der Waals surface area contributed by atoms with Crippen molar-refractivity contribution in [3.8, 4) is 0 Å². The Balaban J connectivity index is 1.66. The van der Waals surface area contributed by atoms with E-state index in [1.807, 2.05) is 11.8 Å². The number of carbonyl (C=O) groups excluding carboxylic acids is 1. The predicted molar refractivity (Wildman–Crippen MR) is 80.7 cm³/mol. The third-order valence-corrected chi connectivity index (χ3v) is 5.45. The van der Waals surface area contributed by atoms with E-state index < -0.39 is 6.10 Å². The highest BCUT2D eigenvalue weighted by Gasteiger charge is 2.32. The van der Waals surface area contributed by atoms with Crippen molar-refractivity contribution in [1.29, 1.82) is 0 Å². The predicted octanol–water partition coefficient (Wildman–Crippen LogP) is 1.88. The van der Waals surface area contributed by atoms with Gasteiger partial charge in [0.1, 0.15) is 0 Å². The van der Waals surface area contributed by atoms with Crippen LogP contribution in [0.5, 0.6) is 0 Å². The van der Waals surface area contributed by atoms with Crippen molar-refractivity contribution in [3.63, 3.8) is 0 Å². The highest BCUT2D eigenvalue weighted by molar-refractivity contribution is 7.11. The molecule has 21 heavy (non-hydrogen) atoms. The van der Waals surface area contributed by atoms with E-state index in [1.54, 1.807) is 11.3 Å². The van der Waals surface area contributed by atoms with Crippen molar-refractivity contribution >= 4 is 17.2 Å². The van der Waals surface area contributed by atoms with Crippen molar-refractivity contribution in [2.75, 3.05) is 32.9 Å². The number of carbonyl (C=O) groups is 1. The van der Waals surface area contributed by atoms with Gasteiger partial charge in [-0.2, -0.15) is 0 Å². The van der Waals surface area contributed by atoms with Gasteiger partial charge in [-0.1, -0.05) is 0 Å². The average molecular weight is 310 g/mol. The number of aromatic nitrogens is 1. The Labute approximate surface area is 129 Å². The molecule has 1 aromatic rings. The lowest BCUT2D eigenvalue weighted by Crippen LogP contribution is -2.48. The van der Waals surface area contributed by atoms with Crippen LogP contribution < -0.4 is 0 Å². The lowest BCUT2D eigenvalue weighted by atomic mass is 9.98. The number of rotatable bonds is 2. The second kappa shape index (κ2) is 6.42. The molecule has 116 valence electrons. The van der Waals surface area contributed by atoms with Gasteiger partial charge < -0.3 is 14.4 Å². The lowest BCUT2D eigenvalue weighted by Gasteiger charge is -2.35. The van der Waals surface area contributed by atoms with Crippen molar-refractivity contribution in [2.45, 2.75) is 38.7 Å². The van der Waals surface area contributed by atoms with Gasteiger partial charge in [0.15, 0.2) is 6.10 Å². The minimum Gasteiger partial charge on any atom is -0.376 e. The fraction of sp³-hybridized carbons (Fsp3) is 0.733. The van der Waals surface area contributed by atoms with Crippen molar-refractivity contribution in [2.24, 2.45) is 0 Å². The van der Waals surface area contributed by atoms with E-state index in [9.17, 15) is 4.79 Å². The van der Waals surface area contributed by atoms with Crippen LogP contribution in [0, 0.1) is 13.8 Å². The summed E-state index contributed by atoms with van der Waals surface area (Å²) in [4.78, 5) is 20.4. The van der Waals surface area contributed by atoms with Gasteiger partial charge in [0, 0.05) is 23.9 Å². The van der Waals surface area contributed by atoms with E-state index in [1.165, 1.54) is 9.88 Å². The zero-order valence-corrected chi connectivity index (χ0v) is 13.4. The van der Waals surface area contributed by atoms with Gasteiger partial charge in [0.05, 0.1) is 30.5 Å². The van der Waals surface area contributed by atoms with Crippen LogP contribution in [0.2, 0.25) is 0 Å². The SMILES string of the molecule is Cc1nc([C@H]2CCCN(C(=O)[C@@H]3COCCO3)C2)sc1C. The molecular formula is C15H22N2O3S. The summed E-state index contributed by atoms with van der Waals surface area (Å²) in [7, 11) is 0. The van der Waals surface area contributed by atoms with Crippen molar-refractivity contribution in [1.82, 2.24) is 9.88 Å². The zero-order valence-electron chi connectivity index (χ0n) is 12.6. The molecule has 0 radical (unpaired) electrons. The summed E-state index contributed by atoms with van der Waals surface area (Å²) in [5.74, 6) is 0.439. The van der Waals surface area contributed by atoms with Gasteiger partial charge in [-0.15, -0.1) is 11.3 Å². The molecule has 0 spiro atoms. The summed E-state index contributed by atoms with van der Waals surface area (Å²) in [6.07, 6.45) is 1.72. The molecule has 2 aliphatic rings. The largest absolute Gasteiger partial charge is 0.376 e. The Kier molecular flexibility index (Phi) is 4.57. The van der Waals surface area contributed by atoms with E-state index in [4.69, 9.17) is 9.47 Å². The fourth-order valence-corrected chi connectivity index (χ4v) is 3.93. The molecule has 0 unspecified atom stereocenters. The van der Waals surface area contributed by atoms with Gasteiger partial charge >= 0.3 is 0 Å². The van der Waals surface area contributed by atoms with Crippen LogP contribution in [0.25, 0.3) is 0 Å². The average Bonchev–Trinajstić information content (AvgIpc) is 2.87. The molecule has 0 aromatic carbocycles. The zero-order chi connectivity index (χ0) is 14.8. The molecular weight excluding hydrogens is 288 g/mol. The Hall–Kier alpha value is -0.980. The van der Waals surface area contributed by atoms with E-state index in [-0.39, 0.29) is 5.91 Å². The summed E-state index contributed by atoms with van der Waals surface area (Å²) in [6, 6.07) is 0. The van der Waals surface area contributed by atoms with E-state index in [2.05, 4.69) is 11.9 Å². The minimum absolute atomic E-state index is 0.0735. The molecule has 2 fully saturated rings. The highest BCUT2D eigenvalue weighted by atomic mass is 32.1. The third-order valence-electron chi connectivity index (χ3n) is 4.22. The van der Waals surface area contributed by atoms with Crippen LogP contribution in [0.15, 0.2) is 0 Å². The summed E-state index contributed by atoms with van der Waals surface area (Å²) in [5.41, 5.74) is 1.11. The molecule has 0 saturated carbocycles. The summed E-state index contributed by atoms with van der Waals surface area (Å²) >= 11 is 1.77. The first-order valence-electron chi connectivity index (χ1n) is 7.57. The first kappa shape index (κ1) is 14.9. The van der Waals surface area contributed by atoms with Gasteiger partial charge in [-0.05, 0) is 26.7 Å². The molecule has 3 rings (SSSR count). The number of likely N-dealkylation sites (tertiary alicyclic amines) is 1. The van der Waals surface area contributed by atoms with Gasteiger partial charge in [0.2, 0.25) is 0 Å². The fourth-order valence-electron chi connectivity index (χ4n) is 2.89. The summed E-state index contributed by atoms with van der Waals surface area (Å²) in [5, 5.41) is 1.17. The number of aryl methyl sites for hydroxylation is 2. The second-order valence-corrected chi connectivity index (χ2v) is 6.99. The first-order chi connectivity index (χ1) is 10.1. The first-order valence-corrected chi connectivity index (χ1v) is 8.39. The summed E-state index contributed by atoms with van der Waals surface area (Å²) < 4.78 is 10.9. The Bertz CT molecular complexity index is 492. The smallest absolute Gasteiger partial charge is 0.254 e. The second-order valence-electron chi connectivity index (χ2n) is 5.75. The number of hydrogen-bond acceptors (Lipinski definition) is 5. The minimum atomic E-state index is -0.419. The Morgan fingerprint density at radius 1 is 1.38 bits per heavy atom. The van der Waals surface area contributed by atoms with Crippen LogP contribution in [0.4, 0.5) is 0 Å². The van der Waals surface area contributed by atoms with E-state index >= 15 is 0 Å². The molecule has 2 saturated heterocycles. The van der Waals surface area contributed by atoms with Crippen molar-refractivity contribution < 1.29 is 14.3 Å². The van der Waals surface area contributed by atoms with E-state index in [0.29, 0.717) is 25.7 Å². The van der Waals surface area contributed by atoms with Gasteiger partial charge in [-0.25, -0.2) is 4.98 Å². The topological polar surface area (TPSA) is 51.7 Å². The number of ether oxygens (including phenoxy) is 2. The molecule has 0 bridgehead atoms. The maximum atomic E-state index is 12.5. The Morgan fingerprint density at radius 2 is 2.24 bits per heavy atom. The molecule has 1 aromatic heterocycles. The lowest BCUT2D eigenvalue weighted by molar-refractivity contribution is -0.159. The Morgan fingerprint density at radius 3 is 2.90 bits per heavy atom. The van der Waals surface area contributed by atoms with Crippen LogP contribution >= 0.6 is 11.3 Å². The maximum Gasteiger partial charge on any atom is 0.254 e. The summed E-state index contributed by atoms with van der Waals surface area (Å²) in [6.45, 7) is 7.21. The molecule has 5 nitrogen and oxygen atoms in total. The van der Waals surface area contributed by atoms with E-state index in [0.717, 1.165) is 31.6 Å². The number of hydrogen-bond donors (Lipinski definition) is 0. The molecule has 3 heterocycles. The quantitative estimate of drug-likeness (QED) is 0.837. The number of nitrogens with zero attached hydrogens (tertiary/aromatic N) is 2. The highest BCUT2D eigenvalue weighted by Crippen LogP contribution is 2.31. The molecule has 2 aliphatic heterocycles. The van der Waals surface area contributed by atoms with Crippen LogP contribution in [-0.2, 0) is 14.3 Å². The number of thiazole rings is 1. The molecule has 0 N–H and O–H groups in total. The van der Waals surface area contributed by atoms with Gasteiger partial charge in [-0.3, -0.25) is 4.79 Å². The van der Waals surface area contributed by atoms with Gasteiger partial charge in [0.25, 0.3) is 5.91 Å². The standard InChI is InChI=1S/C15H22N2O3S/c1-10-11(2)21-14(16-10)12-4-3-5-17(8-12)15(18)13-9-19-6-7-20-13/h12-13H,3-9H2,1-2H3/t12-,13-/m0/s1. The van der Waals surface area contributed by atoms with Crippen LogP contribution in [-0.4, -0.2) is 54.8 Å². The van der Waals surface area contributed by atoms with Crippen LogP contribution in [0.1, 0.15) is 34.3 Å². The molecule has 6 heteroatoms. The molecule has 0 aliphatic carbocycles. The monoisotopic (exact) mass is 310 g/mol. The normalized spacial score (nSPS) is 26.9.